The highest BCUT2D eigenvalue weighted by Gasteiger charge is 2.33. The molecular formula is C13H13NO. The van der Waals surface area contributed by atoms with Crippen molar-refractivity contribution in [2.75, 3.05) is 11.9 Å². The van der Waals surface area contributed by atoms with E-state index in [-0.39, 0.29) is 11.8 Å². The number of amides is 1. The molecular weight excluding hydrogens is 186 g/mol. The number of hydrogen-bond donors (Lipinski definition) is 0. The first-order chi connectivity index (χ1) is 7.25. The Labute approximate surface area is 89.9 Å². The van der Waals surface area contributed by atoms with Crippen LogP contribution in [0.25, 0.3) is 0 Å². The molecule has 2 rings (SSSR count). The lowest BCUT2D eigenvalue weighted by molar-refractivity contribution is -0.118. The molecule has 0 fully saturated rings. The summed E-state index contributed by atoms with van der Waals surface area (Å²) in [4.78, 5) is 13.6. The first kappa shape index (κ1) is 9.79. The van der Waals surface area contributed by atoms with E-state index in [2.05, 4.69) is 11.8 Å². The number of hydrogen-bond acceptors (Lipinski definition) is 1. The molecule has 0 bridgehead atoms. The predicted octanol–water partition coefficient (Wildman–Crippen LogP) is 2.16. The maximum atomic E-state index is 11.9. The highest BCUT2D eigenvalue weighted by Crippen LogP contribution is 2.37. The second-order valence-electron chi connectivity index (χ2n) is 3.64. The van der Waals surface area contributed by atoms with E-state index in [0.717, 1.165) is 11.3 Å². The highest BCUT2D eigenvalue weighted by atomic mass is 16.2. The Morgan fingerprint density at radius 3 is 2.87 bits per heavy atom. The number of para-hydroxylation sites is 1. The van der Waals surface area contributed by atoms with Crippen LogP contribution in [-0.2, 0) is 4.79 Å². The van der Waals surface area contributed by atoms with Gasteiger partial charge in [-0.05, 0) is 18.6 Å². The van der Waals surface area contributed by atoms with Crippen LogP contribution in [-0.4, -0.2) is 13.0 Å². The molecule has 1 heterocycles. The quantitative estimate of drug-likeness (QED) is 0.635. The van der Waals surface area contributed by atoms with Gasteiger partial charge in [-0.15, -0.1) is 11.8 Å². The molecule has 1 aliphatic heterocycles. The van der Waals surface area contributed by atoms with Crippen LogP contribution in [0.4, 0.5) is 5.69 Å². The van der Waals surface area contributed by atoms with Gasteiger partial charge in [-0.1, -0.05) is 18.2 Å². The van der Waals surface area contributed by atoms with E-state index in [9.17, 15) is 4.79 Å². The van der Waals surface area contributed by atoms with Crippen molar-refractivity contribution in [3.05, 3.63) is 29.8 Å². The molecule has 0 aliphatic carbocycles. The van der Waals surface area contributed by atoms with Gasteiger partial charge in [0, 0.05) is 19.2 Å². The van der Waals surface area contributed by atoms with Gasteiger partial charge in [0.25, 0.3) is 0 Å². The summed E-state index contributed by atoms with van der Waals surface area (Å²) in [6.45, 7) is 1.80. The third-order valence-corrected chi connectivity index (χ3v) is 2.79. The number of carbonyl (C=O) groups excluding carboxylic acids is 1. The summed E-state index contributed by atoms with van der Waals surface area (Å²) in [6.07, 6.45) is 0.622. The summed E-state index contributed by atoms with van der Waals surface area (Å²) in [7, 11) is 1.82. The molecule has 0 aromatic heterocycles. The molecule has 0 spiro atoms. The Morgan fingerprint density at radius 2 is 2.13 bits per heavy atom. The Hall–Kier alpha value is -1.75. The van der Waals surface area contributed by atoms with E-state index >= 15 is 0 Å². The molecule has 1 amide bonds. The van der Waals surface area contributed by atoms with Crippen LogP contribution < -0.4 is 4.90 Å². The fraction of sp³-hybridized carbons (Fsp3) is 0.308. The van der Waals surface area contributed by atoms with Gasteiger partial charge in [-0.2, -0.15) is 0 Å². The summed E-state index contributed by atoms with van der Waals surface area (Å²) >= 11 is 0. The predicted molar refractivity (Wildman–Crippen MR) is 60.7 cm³/mol. The molecule has 76 valence electrons. The van der Waals surface area contributed by atoms with E-state index in [4.69, 9.17) is 0 Å². The van der Waals surface area contributed by atoms with Gasteiger partial charge in [-0.25, -0.2) is 0 Å². The van der Waals surface area contributed by atoms with Gasteiger partial charge in [0.15, 0.2) is 0 Å². The summed E-state index contributed by atoms with van der Waals surface area (Å²) < 4.78 is 0. The second kappa shape index (κ2) is 3.78. The second-order valence-corrected chi connectivity index (χ2v) is 3.64. The molecule has 0 radical (unpaired) electrons. The van der Waals surface area contributed by atoms with Gasteiger partial charge >= 0.3 is 0 Å². The van der Waals surface area contributed by atoms with Crippen LogP contribution in [0.5, 0.6) is 0 Å². The Morgan fingerprint density at radius 1 is 1.40 bits per heavy atom. The highest BCUT2D eigenvalue weighted by molar-refractivity contribution is 6.04. The van der Waals surface area contributed by atoms with Crippen LogP contribution in [0.15, 0.2) is 24.3 Å². The fourth-order valence-electron chi connectivity index (χ4n) is 1.97. The molecule has 0 saturated heterocycles. The monoisotopic (exact) mass is 199 g/mol. The molecule has 2 nitrogen and oxygen atoms in total. The summed E-state index contributed by atoms with van der Waals surface area (Å²) in [5.41, 5.74) is 2.12. The molecule has 15 heavy (non-hydrogen) atoms. The fourth-order valence-corrected chi connectivity index (χ4v) is 1.97. The first-order valence-electron chi connectivity index (χ1n) is 5.02. The summed E-state index contributed by atoms with van der Waals surface area (Å²) in [5, 5.41) is 0. The average Bonchev–Trinajstić information content (AvgIpc) is 2.51. The van der Waals surface area contributed by atoms with E-state index in [1.807, 2.05) is 31.3 Å². The van der Waals surface area contributed by atoms with Gasteiger partial charge in [0.1, 0.15) is 0 Å². The lowest BCUT2D eigenvalue weighted by Crippen LogP contribution is -2.23. The number of likely N-dealkylation sites (N-methyl/N-ethyl adjacent to an activating group) is 1. The normalized spacial score (nSPS) is 18.4. The van der Waals surface area contributed by atoms with Crippen LogP contribution in [0.2, 0.25) is 0 Å². The van der Waals surface area contributed by atoms with Gasteiger partial charge in [0.05, 0.1) is 5.92 Å². The minimum atomic E-state index is -0.0707. The number of benzene rings is 1. The van der Waals surface area contributed by atoms with E-state index in [1.54, 1.807) is 11.8 Å². The number of rotatable bonds is 1. The molecule has 1 aliphatic rings. The Bertz CT molecular complexity index is 453. The zero-order chi connectivity index (χ0) is 10.8. The maximum Gasteiger partial charge on any atom is 0.235 e. The topological polar surface area (TPSA) is 20.3 Å². The minimum Gasteiger partial charge on any atom is -0.315 e. The smallest absolute Gasteiger partial charge is 0.235 e. The first-order valence-corrected chi connectivity index (χ1v) is 5.02. The standard InChI is InChI=1S/C13H13NO/c1-3-4-7-11-10-8-5-6-9-12(10)14(2)13(11)15/h5-6,8-9,11H,7H2,1-2H3. The number of fused-ring (bicyclic) bond motifs is 1. The third kappa shape index (κ3) is 1.50. The van der Waals surface area contributed by atoms with Gasteiger partial charge in [-0.3, -0.25) is 4.79 Å². The lowest BCUT2D eigenvalue weighted by atomic mass is 9.98. The zero-order valence-corrected chi connectivity index (χ0v) is 8.95. The number of carbonyl (C=O) groups is 1. The molecule has 1 aromatic rings. The lowest BCUT2D eigenvalue weighted by Gasteiger charge is -2.09. The van der Waals surface area contributed by atoms with Crippen molar-refractivity contribution in [3.63, 3.8) is 0 Å². The van der Waals surface area contributed by atoms with Crippen molar-refractivity contribution in [2.24, 2.45) is 0 Å². The van der Waals surface area contributed by atoms with Crippen LogP contribution >= 0.6 is 0 Å². The summed E-state index contributed by atoms with van der Waals surface area (Å²) in [6, 6.07) is 7.92. The van der Waals surface area contributed by atoms with Crippen molar-refractivity contribution in [1.82, 2.24) is 0 Å². The minimum absolute atomic E-state index is 0.0707. The molecule has 0 saturated carbocycles. The third-order valence-electron chi connectivity index (χ3n) is 2.79. The Balaban J connectivity index is 2.40. The Kier molecular flexibility index (Phi) is 2.47. The molecule has 1 unspecified atom stereocenters. The van der Waals surface area contributed by atoms with Crippen molar-refractivity contribution >= 4 is 11.6 Å². The SMILES string of the molecule is CC#CCC1C(=O)N(C)c2ccccc21. The van der Waals surface area contributed by atoms with Crippen LogP contribution in [0.3, 0.4) is 0 Å². The number of nitrogens with zero attached hydrogens (tertiary/aromatic N) is 1. The average molecular weight is 199 g/mol. The van der Waals surface area contributed by atoms with Crippen molar-refractivity contribution in [1.29, 1.82) is 0 Å². The molecule has 1 atom stereocenters. The largest absolute Gasteiger partial charge is 0.315 e. The van der Waals surface area contributed by atoms with Gasteiger partial charge < -0.3 is 4.90 Å². The van der Waals surface area contributed by atoms with Crippen LogP contribution in [0.1, 0.15) is 24.8 Å². The van der Waals surface area contributed by atoms with Crippen LogP contribution in [0, 0.1) is 11.8 Å². The van der Waals surface area contributed by atoms with Crippen molar-refractivity contribution in [2.45, 2.75) is 19.3 Å². The van der Waals surface area contributed by atoms with Crippen molar-refractivity contribution in [3.8, 4) is 11.8 Å². The van der Waals surface area contributed by atoms with E-state index in [1.165, 1.54) is 0 Å². The molecule has 0 N–H and O–H groups in total. The molecule has 1 aromatic carbocycles. The zero-order valence-electron chi connectivity index (χ0n) is 8.95. The van der Waals surface area contributed by atoms with Crippen molar-refractivity contribution < 1.29 is 4.79 Å². The van der Waals surface area contributed by atoms with E-state index < -0.39 is 0 Å². The van der Waals surface area contributed by atoms with E-state index in [0.29, 0.717) is 6.42 Å². The summed E-state index contributed by atoms with van der Waals surface area (Å²) in [5.74, 6) is 5.91. The number of anilines is 1. The van der Waals surface area contributed by atoms with Gasteiger partial charge in [0.2, 0.25) is 5.91 Å². The maximum absolute atomic E-state index is 11.9. The molecule has 2 heteroatoms.